The van der Waals surface area contributed by atoms with Gasteiger partial charge in [0.1, 0.15) is 5.83 Å². The lowest BCUT2D eigenvalue weighted by atomic mass is 10.3. The average molecular weight is 129 g/mol. The first-order chi connectivity index (χ1) is 4.20. The van der Waals surface area contributed by atoms with Crippen molar-refractivity contribution in [2.45, 2.75) is 13.3 Å². The molecule has 0 rings (SSSR count). The monoisotopic (exact) mass is 129 g/mol. The fourth-order valence-corrected chi connectivity index (χ4v) is 0.363. The first-order valence-electron chi connectivity index (χ1n) is 2.93. The van der Waals surface area contributed by atoms with Gasteiger partial charge in [0.05, 0.1) is 0 Å². The normalized spacial score (nSPS) is 11.2. The van der Waals surface area contributed by atoms with Crippen molar-refractivity contribution in [2.75, 3.05) is 7.05 Å². The van der Waals surface area contributed by atoms with Crippen LogP contribution < -0.4 is 5.32 Å². The van der Waals surface area contributed by atoms with E-state index in [9.17, 15) is 4.39 Å². The number of halogens is 1. The molecule has 0 aromatic carbocycles. The van der Waals surface area contributed by atoms with E-state index in [2.05, 4.69) is 11.9 Å². The van der Waals surface area contributed by atoms with Gasteiger partial charge >= 0.3 is 0 Å². The average Bonchev–Trinajstić information content (AvgIpc) is 1.87. The van der Waals surface area contributed by atoms with Gasteiger partial charge in [-0.05, 0) is 12.5 Å². The van der Waals surface area contributed by atoms with Crippen LogP contribution in [0.1, 0.15) is 13.3 Å². The van der Waals surface area contributed by atoms with Crippen molar-refractivity contribution >= 4 is 0 Å². The lowest BCUT2D eigenvalue weighted by Gasteiger charge is -1.95. The molecule has 0 aliphatic rings. The second-order valence-electron chi connectivity index (χ2n) is 1.72. The van der Waals surface area contributed by atoms with Crippen molar-refractivity contribution < 1.29 is 4.39 Å². The summed E-state index contributed by atoms with van der Waals surface area (Å²) < 4.78 is 12.3. The third kappa shape index (κ3) is 3.76. The maximum absolute atomic E-state index is 12.3. The molecule has 0 bridgehead atoms. The van der Waals surface area contributed by atoms with Gasteiger partial charge in [-0.25, -0.2) is 4.39 Å². The predicted molar refractivity (Wildman–Crippen MR) is 37.7 cm³/mol. The van der Waals surface area contributed by atoms with E-state index in [0.717, 1.165) is 0 Å². The van der Waals surface area contributed by atoms with Crippen LogP contribution in [0.25, 0.3) is 0 Å². The molecule has 0 radical (unpaired) electrons. The van der Waals surface area contributed by atoms with Crippen molar-refractivity contribution in [3.8, 4) is 0 Å². The number of likely N-dealkylation sites (N-methyl/N-ethyl adjacent to an activating group) is 1. The van der Waals surface area contributed by atoms with E-state index < -0.39 is 0 Å². The highest BCUT2D eigenvalue weighted by Crippen LogP contribution is 2.03. The molecule has 0 saturated heterocycles. The van der Waals surface area contributed by atoms with E-state index in [1.165, 1.54) is 6.08 Å². The van der Waals surface area contributed by atoms with Crippen LogP contribution in [0.3, 0.4) is 0 Å². The Morgan fingerprint density at radius 3 is 2.67 bits per heavy atom. The Balaban J connectivity index is 3.79. The molecule has 0 aromatic rings. The van der Waals surface area contributed by atoms with Crippen molar-refractivity contribution in [1.29, 1.82) is 0 Å². The maximum atomic E-state index is 12.3. The summed E-state index contributed by atoms with van der Waals surface area (Å²) in [6.45, 7) is 5.29. The standard InChI is InChI=1S/C7H12FN/c1-4-7(8)5-6(2)9-3/h5,9H,2,4H2,1,3H3/b7-5+. The van der Waals surface area contributed by atoms with Crippen LogP contribution in [0.2, 0.25) is 0 Å². The molecule has 0 aliphatic heterocycles. The minimum Gasteiger partial charge on any atom is -0.389 e. The summed E-state index contributed by atoms with van der Waals surface area (Å²) in [6, 6.07) is 0. The van der Waals surface area contributed by atoms with Crippen LogP contribution in [0.4, 0.5) is 4.39 Å². The Hall–Kier alpha value is -0.790. The lowest BCUT2D eigenvalue weighted by Crippen LogP contribution is -2.00. The van der Waals surface area contributed by atoms with Crippen LogP contribution in [0.15, 0.2) is 24.2 Å². The van der Waals surface area contributed by atoms with E-state index >= 15 is 0 Å². The molecule has 2 heteroatoms. The highest BCUT2D eigenvalue weighted by molar-refractivity contribution is 5.14. The van der Waals surface area contributed by atoms with Crippen molar-refractivity contribution in [3.63, 3.8) is 0 Å². The molecule has 0 fully saturated rings. The summed E-state index contributed by atoms with van der Waals surface area (Å²) in [5.74, 6) is -0.144. The van der Waals surface area contributed by atoms with Crippen LogP contribution in [-0.4, -0.2) is 7.05 Å². The molecule has 0 saturated carbocycles. The summed E-state index contributed by atoms with van der Waals surface area (Å²) in [7, 11) is 1.71. The fraction of sp³-hybridized carbons (Fsp3) is 0.429. The highest BCUT2D eigenvalue weighted by atomic mass is 19.1. The van der Waals surface area contributed by atoms with Crippen LogP contribution in [0.5, 0.6) is 0 Å². The summed E-state index contributed by atoms with van der Waals surface area (Å²) in [6.07, 6.45) is 1.82. The van der Waals surface area contributed by atoms with Gasteiger partial charge in [0.2, 0.25) is 0 Å². The lowest BCUT2D eigenvalue weighted by molar-refractivity contribution is 0.602. The van der Waals surface area contributed by atoms with Gasteiger partial charge in [-0.2, -0.15) is 0 Å². The molecular formula is C7H12FN. The predicted octanol–water partition coefficient (Wildman–Crippen LogP) is 1.98. The molecule has 0 aromatic heterocycles. The molecule has 0 spiro atoms. The van der Waals surface area contributed by atoms with Crippen molar-refractivity contribution in [3.05, 3.63) is 24.2 Å². The molecule has 0 aliphatic carbocycles. The van der Waals surface area contributed by atoms with E-state index in [4.69, 9.17) is 0 Å². The number of hydrogen-bond donors (Lipinski definition) is 1. The molecule has 0 amide bonds. The van der Waals surface area contributed by atoms with Gasteiger partial charge in [0.25, 0.3) is 0 Å². The summed E-state index contributed by atoms with van der Waals surface area (Å²) >= 11 is 0. The zero-order chi connectivity index (χ0) is 7.28. The quantitative estimate of drug-likeness (QED) is 0.574. The zero-order valence-corrected chi connectivity index (χ0v) is 5.87. The van der Waals surface area contributed by atoms with Gasteiger partial charge in [0, 0.05) is 12.7 Å². The van der Waals surface area contributed by atoms with Gasteiger partial charge in [0.15, 0.2) is 0 Å². The number of nitrogens with one attached hydrogen (secondary N) is 1. The second kappa shape index (κ2) is 4.13. The van der Waals surface area contributed by atoms with E-state index in [1.54, 1.807) is 14.0 Å². The van der Waals surface area contributed by atoms with Crippen LogP contribution in [-0.2, 0) is 0 Å². The third-order valence-corrected chi connectivity index (χ3v) is 0.990. The van der Waals surface area contributed by atoms with Gasteiger partial charge in [-0.3, -0.25) is 0 Å². The Morgan fingerprint density at radius 2 is 2.33 bits per heavy atom. The fourth-order valence-electron chi connectivity index (χ4n) is 0.363. The number of allylic oxidation sites excluding steroid dienone is 2. The third-order valence-electron chi connectivity index (χ3n) is 0.990. The molecule has 0 atom stereocenters. The Kier molecular flexibility index (Phi) is 3.76. The van der Waals surface area contributed by atoms with Crippen LogP contribution in [0, 0.1) is 0 Å². The smallest absolute Gasteiger partial charge is 0.102 e. The Morgan fingerprint density at radius 1 is 1.78 bits per heavy atom. The van der Waals surface area contributed by atoms with Crippen molar-refractivity contribution in [1.82, 2.24) is 5.32 Å². The summed E-state index contributed by atoms with van der Waals surface area (Å²) in [5, 5.41) is 2.72. The Bertz CT molecular complexity index is 127. The van der Waals surface area contributed by atoms with Gasteiger partial charge in [-0.15, -0.1) is 0 Å². The highest BCUT2D eigenvalue weighted by Gasteiger charge is 1.88. The molecule has 0 heterocycles. The van der Waals surface area contributed by atoms with Gasteiger partial charge < -0.3 is 5.32 Å². The SMILES string of the molecule is C=C(/C=C(/F)CC)NC. The first-order valence-corrected chi connectivity index (χ1v) is 2.93. The first kappa shape index (κ1) is 8.21. The zero-order valence-electron chi connectivity index (χ0n) is 5.87. The molecule has 0 unspecified atom stereocenters. The topological polar surface area (TPSA) is 12.0 Å². The summed E-state index contributed by atoms with van der Waals surface area (Å²) in [5.41, 5.74) is 0.606. The molecule has 1 N–H and O–H groups in total. The molecule has 9 heavy (non-hydrogen) atoms. The van der Waals surface area contributed by atoms with Crippen molar-refractivity contribution in [2.24, 2.45) is 0 Å². The van der Waals surface area contributed by atoms with E-state index in [-0.39, 0.29) is 5.83 Å². The minimum absolute atomic E-state index is 0.144. The number of hydrogen-bond acceptors (Lipinski definition) is 1. The second-order valence-corrected chi connectivity index (χ2v) is 1.72. The molecule has 1 nitrogen and oxygen atoms in total. The minimum atomic E-state index is -0.144. The molecule has 52 valence electrons. The largest absolute Gasteiger partial charge is 0.389 e. The van der Waals surface area contributed by atoms with Crippen LogP contribution >= 0.6 is 0 Å². The maximum Gasteiger partial charge on any atom is 0.102 e. The number of rotatable bonds is 3. The van der Waals surface area contributed by atoms with E-state index in [1.807, 2.05) is 0 Å². The summed E-state index contributed by atoms with van der Waals surface area (Å²) in [4.78, 5) is 0. The van der Waals surface area contributed by atoms with E-state index in [0.29, 0.717) is 12.1 Å². The molecular weight excluding hydrogens is 117 g/mol. The van der Waals surface area contributed by atoms with Gasteiger partial charge in [-0.1, -0.05) is 13.5 Å². The Labute approximate surface area is 55.3 Å².